The molecule has 3 N–H and O–H groups in total. The van der Waals surface area contributed by atoms with E-state index in [1.54, 1.807) is 7.11 Å². The molecule has 0 bridgehead atoms. The van der Waals surface area contributed by atoms with Gasteiger partial charge in [0.05, 0.1) is 13.5 Å². The molecule has 1 unspecified atom stereocenters. The average molecular weight is 284 g/mol. The van der Waals surface area contributed by atoms with Gasteiger partial charge in [-0.2, -0.15) is 0 Å². The van der Waals surface area contributed by atoms with Crippen molar-refractivity contribution in [3.63, 3.8) is 0 Å². The Morgan fingerprint density at radius 3 is 2.48 bits per heavy atom. The molecule has 0 fully saturated rings. The molecule has 0 radical (unpaired) electrons. The number of amides is 1. The Balaban J connectivity index is 2.14. The lowest BCUT2D eigenvalue weighted by Crippen LogP contribution is -2.16. The Hall–Kier alpha value is -2.49. The minimum absolute atomic E-state index is 0.116. The number of ether oxygens (including phenoxy) is 1. The lowest BCUT2D eigenvalue weighted by molar-refractivity contribution is -0.117. The Bertz CT molecular complexity index is 608. The summed E-state index contributed by atoms with van der Waals surface area (Å²) < 4.78 is 5.16. The maximum Gasteiger partial charge on any atom is 0.221 e. The van der Waals surface area contributed by atoms with Gasteiger partial charge in [0, 0.05) is 11.7 Å². The maximum absolute atomic E-state index is 11.1. The van der Waals surface area contributed by atoms with Gasteiger partial charge < -0.3 is 15.8 Å². The van der Waals surface area contributed by atoms with Crippen molar-refractivity contribution in [2.75, 3.05) is 12.4 Å². The van der Waals surface area contributed by atoms with E-state index >= 15 is 0 Å². The number of hydrogen-bond acceptors (Lipinski definition) is 3. The standard InChI is InChI=1S/C17H20N2O2/c1-12(13-7-9-15(21-2)10-8-13)19-16-6-4-3-5-14(16)11-17(18)20/h3-10,12,19H,11H2,1-2H3,(H2,18,20). The molecule has 110 valence electrons. The van der Waals surface area contributed by atoms with Gasteiger partial charge in [0.15, 0.2) is 0 Å². The first-order valence-electron chi connectivity index (χ1n) is 6.87. The van der Waals surface area contributed by atoms with Gasteiger partial charge in [-0.1, -0.05) is 30.3 Å². The van der Waals surface area contributed by atoms with Crippen LogP contribution in [0.3, 0.4) is 0 Å². The van der Waals surface area contributed by atoms with E-state index in [4.69, 9.17) is 10.5 Å². The van der Waals surface area contributed by atoms with Crippen LogP contribution >= 0.6 is 0 Å². The Morgan fingerprint density at radius 2 is 1.86 bits per heavy atom. The van der Waals surface area contributed by atoms with Crippen molar-refractivity contribution in [3.05, 3.63) is 59.7 Å². The average Bonchev–Trinajstić information content (AvgIpc) is 2.49. The van der Waals surface area contributed by atoms with Crippen LogP contribution in [0.15, 0.2) is 48.5 Å². The van der Waals surface area contributed by atoms with Crippen LogP contribution in [0.1, 0.15) is 24.1 Å². The van der Waals surface area contributed by atoms with E-state index in [-0.39, 0.29) is 18.4 Å². The minimum atomic E-state index is -0.332. The summed E-state index contributed by atoms with van der Waals surface area (Å²) in [6, 6.07) is 15.7. The van der Waals surface area contributed by atoms with E-state index in [1.807, 2.05) is 48.5 Å². The molecule has 0 saturated heterocycles. The summed E-state index contributed by atoms with van der Waals surface area (Å²) in [6.45, 7) is 2.07. The van der Waals surface area contributed by atoms with E-state index in [2.05, 4.69) is 12.2 Å². The second-order valence-corrected chi connectivity index (χ2v) is 4.94. The normalized spacial score (nSPS) is 11.7. The molecule has 4 heteroatoms. The van der Waals surface area contributed by atoms with Crippen LogP contribution in [0, 0.1) is 0 Å². The fraction of sp³-hybridized carbons (Fsp3) is 0.235. The fourth-order valence-corrected chi connectivity index (χ4v) is 2.21. The monoisotopic (exact) mass is 284 g/mol. The molecule has 2 aromatic carbocycles. The van der Waals surface area contributed by atoms with E-state index in [1.165, 1.54) is 0 Å². The van der Waals surface area contributed by atoms with Crippen molar-refractivity contribution in [1.29, 1.82) is 0 Å². The van der Waals surface area contributed by atoms with Crippen molar-refractivity contribution in [2.24, 2.45) is 5.73 Å². The molecule has 21 heavy (non-hydrogen) atoms. The van der Waals surface area contributed by atoms with E-state index in [9.17, 15) is 4.79 Å². The number of rotatable bonds is 6. The molecular formula is C17H20N2O2. The molecule has 4 nitrogen and oxygen atoms in total. The van der Waals surface area contributed by atoms with Crippen LogP contribution in [0.2, 0.25) is 0 Å². The first-order chi connectivity index (χ1) is 10.1. The summed E-state index contributed by atoms with van der Waals surface area (Å²) in [5.41, 5.74) is 8.27. The van der Waals surface area contributed by atoms with Gasteiger partial charge in [-0.05, 0) is 36.2 Å². The number of nitrogens with two attached hydrogens (primary N) is 1. The van der Waals surface area contributed by atoms with Crippen molar-refractivity contribution in [2.45, 2.75) is 19.4 Å². The maximum atomic E-state index is 11.1. The van der Waals surface area contributed by atoms with Gasteiger partial charge in [0.1, 0.15) is 5.75 Å². The first kappa shape index (κ1) is 14.9. The van der Waals surface area contributed by atoms with Crippen molar-refractivity contribution >= 4 is 11.6 Å². The summed E-state index contributed by atoms with van der Waals surface area (Å²) >= 11 is 0. The summed E-state index contributed by atoms with van der Waals surface area (Å²) in [5.74, 6) is 0.501. The molecule has 0 aromatic heterocycles. The number of primary amides is 1. The highest BCUT2D eigenvalue weighted by atomic mass is 16.5. The van der Waals surface area contributed by atoms with Crippen LogP contribution in [-0.2, 0) is 11.2 Å². The van der Waals surface area contributed by atoms with Crippen molar-refractivity contribution in [3.8, 4) is 5.75 Å². The van der Waals surface area contributed by atoms with Crippen molar-refractivity contribution in [1.82, 2.24) is 0 Å². The van der Waals surface area contributed by atoms with E-state index in [0.717, 1.165) is 22.6 Å². The number of nitrogens with one attached hydrogen (secondary N) is 1. The van der Waals surface area contributed by atoms with E-state index < -0.39 is 0 Å². The Labute approximate surface area is 124 Å². The highest BCUT2D eigenvalue weighted by Crippen LogP contribution is 2.24. The topological polar surface area (TPSA) is 64.3 Å². The Morgan fingerprint density at radius 1 is 1.19 bits per heavy atom. The summed E-state index contributed by atoms with van der Waals surface area (Å²) in [7, 11) is 1.65. The number of methoxy groups -OCH3 is 1. The molecule has 0 heterocycles. The Kier molecular flexibility index (Phi) is 4.82. The third-order valence-electron chi connectivity index (χ3n) is 3.37. The zero-order chi connectivity index (χ0) is 15.2. The predicted molar refractivity (Wildman–Crippen MR) is 84.4 cm³/mol. The second-order valence-electron chi connectivity index (χ2n) is 4.94. The van der Waals surface area contributed by atoms with Crippen LogP contribution in [0.4, 0.5) is 5.69 Å². The third-order valence-corrected chi connectivity index (χ3v) is 3.37. The zero-order valence-electron chi connectivity index (χ0n) is 12.3. The smallest absolute Gasteiger partial charge is 0.221 e. The number of para-hydroxylation sites is 1. The van der Waals surface area contributed by atoms with Gasteiger partial charge >= 0.3 is 0 Å². The first-order valence-corrected chi connectivity index (χ1v) is 6.87. The number of carbonyl (C=O) groups is 1. The largest absolute Gasteiger partial charge is 0.497 e. The summed E-state index contributed by atoms with van der Waals surface area (Å²) in [4.78, 5) is 11.1. The van der Waals surface area contributed by atoms with Gasteiger partial charge in [-0.25, -0.2) is 0 Å². The number of carbonyl (C=O) groups excluding carboxylic acids is 1. The zero-order valence-corrected chi connectivity index (χ0v) is 12.3. The van der Waals surface area contributed by atoms with Crippen molar-refractivity contribution < 1.29 is 9.53 Å². The number of hydrogen-bond donors (Lipinski definition) is 2. The third kappa shape index (κ3) is 3.99. The lowest BCUT2D eigenvalue weighted by atomic mass is 10.1. The molecule has 1 amide bonds. The van der Waals surface area contributed by atoms with Gasteiger partial charge in [0.2, 0.25) is 5.91 Å². The number of benzene rings is 2. The highest BCUT2D eigenvalue weighted by molar-refractivity contribution is 5.78. The van der Waals surface area contributed by atoms with Gasteiger partial charge in [-0.3, -0.25) is 4.79 Å². The fourth-order valence-electron chi connectivity index (χ4n) is 2.21. The van der Waals surface area contributed by atoms with E-state index in [0.29, 0.717) is 0 Å². The molecular weight excluding hydrogens is 264 g/mol. The lowest BCUT2D eigenvalue weighted by Gasteiger charge is -2.18. The highest BCUT2D eigenvalue weighted by Gasteiger charge is 2.09. The van der Waals surface area contributed by atoms with Crippen LogP contribution < -0.4 is 15.8 Å². The molecule has 2 aromatic rings. The van der Waals surface area contributed by atoms with Gasteiger partial charge in [0.25, 0.3) is 0 Å². The quantitative estimate of drug-likeness (QED) is 0.857. The molecule has 0 aliphatic heterocycles. The molecule has 0 aliphatic rings. The molecule has 2 rings (SSSR count). The van der Waals surface area contributed by atoms with Crippen LogP contribution in [0.5, 0.6) is 5.75 Å². The molecule has 0 spiro atoms. The van der Waals surface area contributed by atoms with Gasteiger partial charge in [-0.15, -0.1) is 0 Å². The molecule has 0 aliphatic carbocycles. The van der Waals surface area contributed by atoms with Crippen LogP contribution in [0.25, 0.3) is 0 Å². The summed E-state index contributed by atoms with van der Waals surface area (Å²) in [6.07, 6.45) is 0.235. The minimum Gasteiger partial charge on any atom is -0.497 e. The second kappa shape index (κ2) is 6.79. The molecule has 1 atom stereocenters. The molecule has 0 saturated carbocycles. The SMILES string of the molecule is COc1ccc(C(C)Nc2ccccc2CC(N)=O)cc1. The van der Waals surface area contributed by atoms with Crippen LogP contribution in [-0.4, -0.2) is 13.0 Å². The summed E-state index contributed by atoms with van der Waals surface area (Å²) in [5, 5.41) is 3.42. The predicted octanol–water partition coefficient (Wildman–Crippen LogP) is 2.90. The number of anilines is 1.